The minimum atomic E-state index is -0.576. The average molecular weight is 289 g/mol. The molecule has 0 fully saturated rings. The summed E-state index contributed by atoms with van der Waals surface area (Å²) < 4.78 is 4.83. The lowest BCUT2D eigenvalue weighted by Gasteiger charge is -2.10. The van der Waals surface area contributed by atoms with E-state index in [0.29, 0.717) is 24.2 Å². The van der Waals surface area contributed by atoms with E-state index in [2.05, 4.69) is 15.5 Å². The second-order valence-electron chi connectivity index (χ2n) is 4.68. The third-order valence-corrected chi connectivity index (χ3v) is 3.07. The maximum Gasteiger partial charge on any atom is 0.255 e. The first-order valence-electron chi connectivity index (χ1n) is 6.76. The molecule has 0 spiro atoms. The smallest absolute Gasteiger partial charge is 0.255 e. The highest BCUT2D eigenvalue weighted by molar-refractivity contribution is 5.99. The summed E-state index contributed by atoms with van der Waals surface area (Å²) in [6.45, 7) is 0.639. The van der Waals surface area contributed by atoms with Crippen molar-refractivity contribution in [1.82, 2.24) is 15.5 Å². The molecule has 6 heteroatoms. The van der Waals surface area contributed by atoms with Crippen molar-refractivity contribution in [2.75, 3.05) is 20.3 Å². The average Bonchev–Trinajstić information content (AvgIpc) is 2.98. The van der Waals surface area contributed by atoms with Crippen LogP contribution in [0.2, 0.25) is 0 Å². The Balaban J connectivity index is 1.96. The van der Waals surface area contributed by atoms with Crippen LogP contribution >= 0.6 is 0 Å². The van der Waals surface area contributed by atoms with Crippen molar-refractivity contribution in [2.24, 2.45) is 0 Å². The van der Waals surface area contributed by atoms with Crippen molar-refractivity contribution in [3.8, 4) is 11.3 Å². The van der Waals surface area contributed by atoms with E-state index in [4.69, 9.17) is 4.74 Å². The minimum absolute atomic E-state index is 0.216. The maximum atomic E-state index is 12.2. The number of carbonyl (C=O) groups excluding carboxylic acids is 1. The highest BCUT2D eigenvalue weighted by atomic mass is 16.5. The van der Waals surface area contributed by atoms with Gasteiger partial charge in [0.25, 0.3) is 5.91 Å². The topological polar surface area (TPSA) is 87.2 Å². The highest BCUT2D eigenvalue weighted by Crippen LogP contribution is 2.20. The van der Waals surface area contributed by atoms with Gasteiger partial charge in [0.1, 0.15) is 0 Å². The van der Waals surface area contributed by atoms with Gasteiger partial charge in [-0.3, -0.25) is 9.89 Å². The number of hydrogen-bond acceptors (Lipinski definition) is 4. The van der Waals surface area contributed by atoms with E-state index in [9.17, 15) is 9.90 Å². The molecule has 0 aliphatic heterocycles. The lowest BCUT2D eigenvalue weighted by Crippen LogP contribution is -2.28. The van der Waals surface area contributed by atoms with Crippen molar-refractivity contribution in [3.63, 3.8) is 0 Å². The lowest BCUT2D eigenvalue weighted by molar-refractivity contribution is 0.0588. The van der Waals surface area contributed by atoms with E-state index < -0.39 is 6.10 Å². The fraction of sp³-hybridized carbons (Fsp3) is 0.333. The SMILES string of the molecule is COCC(O)CCNC(=O)c1cn[nH]c1-c1ccccc1. The van der Waals surface area contributed by atoms with Gasteiger partial charge in [-0.25, -0.2) is 0 Å². The molecule has 0 aliphatic rings. The van der Waals surface area contributed by atoms with Crippen molar-refractivity contribution < 1.29 is 14.6 Å². The van der Waals surface area contributed by atoms with Gasteiger partial charge in [-0.1, -0.05) is 30.3 Å². The Morgan fingerprint density at radius 1 is 1.43 bits per heavy atom. The van der Waals surface area contributed by atoms with Crippen LogP contribution in [0.1, 0.15) is 16.8 Å². The fourth-order valence-electron chi connectivity index (χ4n) is 2.01. The van der Waals surface area contributed by atoms with Gasteiger partial charge in [-0.15, -0.1) is 0 Å². The van der Waals surface area contributed by atoms with Gasteiger partial charge in [0.15, 0.2) is 0 Å². The molecule has 6 nitrogen and oxygen atoms in total. The first kappa shape index (κ1) is 15.2. The standard InChI is InChI=1S/C15H19N3O3/c1-21-10-12(19)7-8-16-15(20)13-9-17-18-14(13)11-5-3-2-4-6-11/h2-6,9,12,19H,7-8,10H2,1H3,(H,16,20)(H,17,18). The van der Waals surface area contributed by atoms with Gasteiger partial charge in [0.2, 0.25) is 0 Å². The Labute approximate surface area is 123 Å². The Morgan fingerprint density at radius 3 is 2.90 bits per heavy atom. The zero-order valence-corrected chi connectivity index (χ0v) is 11.9. The van der Waals surface area contributed by atoms with Crippen LogP contribution in [0.4, 0.5) is 0 Å². The Kier molecular flexibility index (Phi) is 5.48. The largest absolute Gasteiger partial charge is 0.391 e. The van der Waals surface area contributed by atoms with Gasteiger partial charge in [0, 0.05) is 19.2 Å². The zero-order chi connectivity index (χ0) is 15.1. The third kappa shape index (κ3) is 4.14. The molecule has 1 heterocycles. The van der Waals surface area contributed by atoms with E-state index in [1.165, 1.54) is 13.3 Å². The van der Waals surface area contributed by atoms with Crippen LogP contribution < -0.4 is 5.32 Å². The van der Waals surface area contributed by atoms with Crippen LogP contribution in [-0.2, 0) is 4.74 Å². The number of aliphatic hydroxyl groups excluding tert-OH is 1. The molecule has 1 aromatic carbocycles. The second kappa shape index (κ2) is 7.56. The minimum Gasteiger partial charge on any atom is -0.391 e. The van der Waals surface area contributed by atoms with Gasteiger partial charge < -0.3 is 15.2 Å². The number of nitrogens with one attached hydrogen (secondary N) is 2. The number of aromatic nitrogens is 2. The van der Waals surface area contributed by atoms with Crippen LogP contribution in [0, 0.1) is 0 Å². The number of ether oxygens (including phenoxy) is 1. The van der Waals surface area contributed by atoms with Gasteiger partial charge >= 0.3 is 0 Å². The van der Waals surface area contributed by atoms with Crippen LogP contribution in [0.5, 0.6) is 0 Å². The highest BCUT2D eigenvalue weighted by Gasteiger charge is 2.15. The number of amides is 1. The predicted molar refractivity (Wildman–Crippen MR) is 78.9 cm³/mol. The Bertz CT molecular complexity index is 569. The number of aromatic amines is 1. The molecule has 1 aromatic heterocycles. The molecule has 0 bridgehead atoms. The number of benzene rings is 1. The van der Waals surface area contributed by atoms with Crippen molar-refractivity contribution in [1.29, 1.82) is 0 Å². The number of H-pyrrole nitrogens is 1. The molecule has 3 N–H and O–H groups in total. The monoisotopic (exact) mass is 289 g/mol. The molecule has 1 atom stereocenters. The summed E-state index contributed by atoms with van der Waals surface area (Å²) in [6, 6.07) is 9.54. The number of nitrogens with zero attached hydrogens (tertiary/aromatic N) is 1. The van der Waals surface area contributed by atoms with Crippen molar-refractivity contribution >= 4 is 5.91 Å². The van der Waals surface area contributed by atoms with Crippen LogP contribution in [0.25, 0.3) is 11.3 Å². The summed E-state index contributed by atoms with van der Waals surface area (Å²) in [7, 11) is 1.53. The van der Waals surface area contributed by atoms with Crippen molar-refractivity contribution in [3.05, 3.63) is 42.1 Å². The second-order valence-corrected chi connectivity index (χ2v) is 4.68. The van der Waals surface area contributed by atoms with E-state index >= 15 is 0 Å². The van der Waals surface area contributed by atoms with Gasteiger partial charge in [-0.2, -0.15) is 5.10 Å². The number of hydrogen-bond donors (Lipinski definition) is 3. The third-order valence-electron chi connectivity index (χ3n) is 3.07. The summed E-state index contributed by atoms with van der Waals surface area (Å²) in [5.41, 5.74) is 2.08. The van der Waals surface area contributed by atoms with E-state index in [1.807, 2.05) is 30.3 Å². The van der Waals surface area contributed by atoms with E-state index in [1.54, 1.807) is 0 Å². The molecule has 0 radical (unpaired) electrons. The molecule has 21 heavy (non-hydrogen) atoms. The molecule has 1 unspecified atom stereocenters. The molecule has 2 rings (SSSR count). The molecule has 1 amide bonds. The van der Waals surface area contributed by atoms with Gasteiger partial charge in [0.05, 0.1) is 30.2 Å². The number of aliphatic hydroxyl groups is 1. The van der Waals surface area contributed by atoms with E-state index in [-0.39, 0.29) is 12.5 Å². The molecular formula is C15H19N3O3. The summed E-state index contributed by atoms with van der Waals surface area (Å²) in [5.74, 6) is -0.216. The van der Waals surface area contributed by atoms with E-state index in [0.717, 1.165) is 5.56 Å². The number of methoxy groups -OCH3 is 1. The molecule has 112 valence electrons. The first-order chi connectivity index (χ1) is 10.2. The Morgan fingerprint density at radius 2 is 2.19 bits per heavy atom. The van der Waals surface area contributed by atoms with Gasteiger partial charge in [-0.05, 0) is 6.42 Å². The number of carbonyl (C=O) groups is 1. The molecule has 2 aromatic rings. The van der Waals surface area contributed by atoms with Crippen LogP contribution in [0.3, 0.4) is 0 Å². The Hall–Kier alpha value is -2.18. The normalized spacial score (nSPS) is 12.1. The maximum absolute atomic E-state index is 12.2. The van der Waals surface area contributed by atoms with Crippen molar-refractivity contribution in [2.45, 2.75) is 12.5 Å². The van der Waals surface area contributed by atoms with Crippen LogP contribution in [0.15, 0.2) is 36.5 Å². The zero-order valence-electron chi connectivity index (χ0n) is 11.9. The molecular weight excluding hydrogens is 270 g/mol. The van der Waals surface area contributed by atoms with Crippen LogP contribution in [-0.4, -0.2) is 47.6 Å². The summed E-state index contributed by atoms with van der Waals surface area (Å²) in [4.78, 5) is 12.2. The quantitative estimate of drug-likeness (QED) is 0.715. The molecule has 0 saturated heterocycles. The predicted octanol–water partition coefficient (Wildman–Crippen LogP) is 1.20. The molecule has 0 aliphatic carbocycles. The first-order valence-corrected chi connectivity index (χ1v) is 6.76. The number of rotatable bonds is 7. The summed E-state index contributed by atoms with van der Waals surface area (Å²) >= 11 is 0. The summed E-state index contributed by atoms with van der Waals surface area (Å²) in [6.07, 6.45) is 1.37. The summed E-state index contributed by atoms with van der Waals surface area (Å²) in [5, 5.41) is 19.1. The lowest BCUT2D eigenvalue weighted by atomic mass is 10.1. The fourth-order valence-corrected chi connectivity index (χ4v) is 2.01. The molecule has 0 saturated carbocycles.